The molecule has 0 aromatic heterocycles. The molecule has 0 heterocycles. The van der Waals surface area contributed by atoms with Crippen LogP contribution in [-0.2, 0) is 34.2 Å². The third kappa shape index (κ3) is 10.3. The quantitative estimate of drug-likeness (QED) is 0.129. The van der Waals surface area contributed by atoms with Crippen LogP contribution in [0.5, 0.6) is 5.75 Å². The van der Waals surface area contributed by atoms with Crippen molar-refractivity contribution in [2.45, 2.75) is 79.3 Å². The standard InChI is InChI=1S/C21H23O.C20H21.C2H6Si.2ClH.Zr/c1-14-11-16-13-18(21(2,3)4)20(22-5)19(17(16)12-14)15-9-7-6-8-10-15;1-14-10-16-12-17(20(2,3)4)13-19(18(16)11-14)15-8-6-5-7-9-15;1-3-2;;;/h6-13H,1-5H3;5-13H,1-4H3;1-2H3;2*1H;/q2*-1;;;;+2. The van der Waals surface area contributed by atoms with E-state index in [1.165, 1.54) is 66.1 Å². The van der Waals surface area contributed by atoms with Gasteiger partial charge in [0.1, 0.15) is 5.75 Å². The molecule has 5 heteroatoms. The fourth-order valence-corrected chi connectivity index (χ4v) is 5.91. The molecule has 6 aromatic rings. The van der Waals surface area contributed by atoms with Gasteiger partial charge in [0.25, 0.3) is 0 Å². The number of aryl methyl sites for hydroxylation is 2. The third-order valence-electron chi connectivity index (χ3n) is 8.10. The van der Waals surface area contributed by atoms with Gasteiger partial charge in [-0.15, -0.1) is 81.8 Å². The van der Waals surface area contributed by atoms with Crippen LogP contribution < -0.4 is 4.74 Å². The molecule has 0 fully saturated rings. The first-order chi connectivity index (χ1) is 21.6. The van der Waals surface area contributed by atoms with E-state index < -0.39 is 0 Å². The molecule has 6 rings (SSSR count). The molecule has 0 radical (unpaired) electrons. The average Bonchev–Trinajstić information content (AvgIpc) is 3.56. The summed E-state index contributed by atoms with van der Waals surface area (Å²) in [5, 5.41) is 5.28. The van der Waals surface area contributed by atoms with Gasteiger partial charge in [-0.25, -0.2) is 0 Å². The first-order valence-corrected chi connectivity index (χ1v) is 22.4. The van der Waals surface area contributed by atoms with Crippen molar-refractivity contribution in [1.29, 1.82) is 0 Å². The van der Waals surface area contributed by atoms with E-state index in [4.69, 9.17) is 4.74 Å². The van der Waals surface area contributed by atoms with Gasteiger partial charge < -0.3 is 4.74 Å². The van der Waals surface area contributed by atoms with E-state index in [0.717, 1.165) is 5.75 Å². The Labute approximate surface area is 317 Å². The van der Waals surface area contributed by atoms with Crippen molar-refractivity contribution in [1.82, 2.24) is 0 Å². The van der Waals surface area contributed by atoms with Crippen LogP contribution in [0.4, 0.5) is 0 Å². The molecule has 0 aliphatic heterocycles. The van der Waals surface area contributed by atoms with Gasteiger partial charge >= 0.3 is 41.9 Å². The summed E-state index contributed by atoms with van der Waals surface area (Å²) < 4.78 is 5.87. The molecule has 0 amide bonds. The van der Waals surface area contributed by atoms with Gasteiger partial charge in [0.05, 0.1) is 7.11 Å². The molecule has 0 atom stereocenters. The minimum atomic E-state index is 0. The van der Waals surface area contributed by atoms with Gasteiger partial charge in [-0.05, 0) is 33.1 Å². The number of fused-ring (bicyclic) bond motifs is 2. The Morgan fingerprint density at radius 3 is 1.54 bits per heavy atom. The summed E-state index contributed by atoms with van der Waals surface area (Å²) in [6.45, 7) is 22.5. The van der Waals surface area contributed by atoms with Crippen LogP contribution in [0.1, 0.15) is 63.8 Å². The molecule has 0 N–H and O–H groups in total. The molecular formula is C43H52Cl2OSiZr. The van der Waals surface area contributed by atoms with E-state index in [0.29, 0.717) is 0 Å². The second-order valence-electron chi connectivity index (χ2n) is 14.7. The molecule has 0 saturated heterocycles. The van der Waals surface area contributed by atoms with Crippen LogP contribution in [0.3, 0.4) is 0 Å². The molecule has 0 spiro atoms. The molecule has 0 bridgehead atoms. The van der Waals surface area contributed by atoms with Crippen molar-refractivity contribution in [3.63, 3.8) is 0 Å². The van der Waals surface area contributed by atoms with E-state index in [1.54, 1.807) is 30.4 Å². The topological polar surface area (TPSA) is 9.23 Å². The minimum Gasteiger partial charge on any atom is -0.165 e. The van der Waals surface area contributed by atoms with Gasteiger partial charge in [-0.3, -0.25) is 0 Å². The zero-order valence-corrected chi connectivity index (χ0v) is 35.6. The Morgan fingerprint density at radius 1 is 0.625 bits per heavy atom. The fourth-order valence-electron chi connectivity index (χ4n) is 5.91. The van der Waals surface area contributed by atoms with E-state index in [-0.39, 0.29) is 41.1 Å². The maximum absolute atomic E-state index is 5.87. The normalized spacial score (nSPS) is 11.0. The van der Waals surface area contributed by atoms with E-state index in [9.17, 15) is 0 Å². The predicted molar refractivity (Wildman–Crippen MR) is 215 cm³/mol. The number of hydrogen-bond acceptors (Lipinski definition) is 1. The molecule has 0 saturated carbocycles. The molecule has 1 nitrogen and oxygen atoms in total. The third-order valence-corrected chi connectivity index (χ3v) is 8.10. The molecule has 6 aromatic carbocycles. The summed E-state index contributed by atoms with van der Waals surface area (Å²) in [5.41, 5.74) is 10.8. The van der Waals surface area contributed by atoms with Crippen molar-refractivity contribution >= 4 is 51.8 Å². The van der Waals surface area contributed by atoms with Crippen LogP contribution >= 0.6 is 24.8 Å². The van der Waals surface area contributed by atoms with Crippen LogP contribution in [0.15, 0.2) is 103 Å². The average molecular weight is 775 g/mol. The van der Waals surface area contributed by atoms with Crippen molar-refractivity contribution < 1.29 is 28.1 Å². The van der Waals surface area contributed by atoms with E-state index >= 15 is 0 Å². The summed E-state index contributed by atoms with van der Waals surface area (Å²) in [5.74, 6) is 0.997. The van der Waals surface area contributed by atoms with Crippen LogP contribution in [0.2, 0.25) is 13.1 Å². The Balaban J connectivity index is 0.000000290. The first kappa shape index (κ1) is 41.7. The molecule has 48 heavy (non-hydrogen) atoms. The van der Waals surface area contributed by atoms with Gasteiger partial charge in [0.2, 0.25) is 0 Å². The van der Waals surface area contributed by atoms with Crippen molar-refractivity contribution in [3.05, 3.63) is 125 Å². The summed E-state index contributed by atoms with van der Waals surface area (Å²) in [4.78, 5) is 0. The van der Waals surface area contributed by atoms with Crippen LogP contribution in [0.25, 0.3) is 43.8 Å². The second kappa shape index (κ2) is 17.5. The van der Waals surface area contributed by atoms with Gasteiger partial charge in [0, 0.05) is 0 Å². The van der Waals surface area contributed by atoms with Crippen LogP contribution in [0, 0.1) is 13.8 Å². The number of hydrogen-bond donors (Lipinski definition) is 0. The van der Waals surface area contributed by atoms with Crippen molar-refractivity contribution in [2.24, 2.45) is 0 Å². The molecule has 0 aliphatic rings. The molecule has 252 valence electrons. The summed E-state index contributed by atoms with van der Waals surface area (Å²) >= 11 is 1.74. The van der Waals surface area contributed by atoms with Crippen molar-refractivity contribution in [2.75, 3.05) is 7.11 Å². The Kier molecular flexibility index (Phi) is 15.2. The second-order valence-corrected chi connectivity index (χ2v) is 24.0. The first-order valence-electron chi connectivity index (χ1n) is 16.2. The van der Waals surface area contributed by atoms with E-state index in [2.05, 4.69) is 172 Å². The van der Waals surface area contributed by atoms with Gasteiger partial charge in [-0.2, -0.15) is 12.1 Å². The maximum Gasteiger partial charge on any atom is -0.0218 e. The monoisotopic (exact) mass is 772 g/mol. The molecule has 0 aliphatic carbocycles. The minimum absolute atomic E-state index is 0. The summed E-state index contributed by atoms with van der Waals surface area (Å²) in [7, 11) is 1.78. The molecular weight excluding hydrogens is 723 g/mol. The van der Waals surface area contributed by atoms with Crippen molar-refractivity contribution in [3.8, 4) is 28.0 Å². The number of rotatable bonds is 3. The van der Waals surface area contributed by atoms with Gasteiger partial charge in [-0.1, -0.05) is 133 Å². The fraction of sp³-hybridized carbons (Fsp3) is 0.302. The number of methoxy groups -OCH3 is 1. The number of ether oxygens (including phenoxy) is 1. The SMILES string of the molecule is COc1c(C(C)(C)C)cc2[cH-]c(C)cc2c1-c1ccccc1.C[Si](C)=[Zr+2].Cc1cc2c(-c3ccccc3)cc(C(C)(C)C)cc2[cH-]1.Cl.Cl. The van der Waals surface area contributed by atoms with E-state index in [1.807, 2.05) is 0 Å². The number of halogens is 2. The predicted octanol–water partition coefficient (Wildman–Crippen LogP) is 13.3. The van der Waals surface area contributed by atoms with Gasteiger partial charge in [0.15, 0.2) is 0 Å². The summed E-state index contributed by atoms with van der Waals surface area (Å²) in [6.07, 6.45) is 0. The Morgan fingerprint density at radius 2 is 1.08 bits per heavy atom. The largest absolute Gasteiger partial charge is 0.165 e. The maximum atomic E-state index is 5.87. The zero-order valence-electron chi connectivity index (χ0n) is 30.5. The van der Waals surface area contributed by atoms with Crippen LogP contribution in [-0.4, -0.2) is 12.5 Å². The Bertz CT molecular complexity index is 1930. The smallest absolute Gasteiger partial charge is 0.0218 e. The Hall–Kier alpha value is -2.42. The zero-order chi connectivity index (χ0) is 33.8. The number of benzene rings is 4. The summed E-state index contributed by atoms with van der Waals surface area (Å²) in [6, 6.07) is 37.3. The molecule has 0 unspecified atom stereocenters.